The zero-order chi connectivity index (χ0) is 20.5. The van der Waals surface area contributed by atoms with Crippen LogP contribution in [0.4, 0.5) is 0 Å². The van der Waals surface area contributed by atoms with Crippen molar-refractivity contribution in [2.75, 3.05) is 26.3 Å². The van der Waals surface area contributed by atoms with Gasteiger partial charge in [0.15, 0.2) is 6.61 Å². The molecule has 0 spiro atoms. The SMILES string of the molecule is O=C(COc1ccc(S(=O)(=O)NCCc2ccccc2)cc1)NC[C@H]1CCCO1. The second-order valence-electron chi connectivity index (χ2n) is 6.83. The van der Waals surface area contributed by atoms with Crippen molar-refractivity contribution >= 4 is 15.9 Å². The highest BCUT2D eigenvalue weighted by Crippen LogP contribution is 2.16. The minimum absolute atomic E-state index is 0.0813. The Balaban J connectivity index is 1.42. The van der Waals surface area contributed by atoms with Gasteiger partial charge in [0, 0.05) is 19.7 Å². The summed E-state index contributed by atoms with van der Waals surface area (Å²) in [6.07, 6.45) is 2.67. The molecule has 1 saturated heterocycles. The molecule has 0 bridgehead atoms. The summed E-state index contributed by atoms with van der Waals surface area (Å²) < 4.78 is 38.2. The summed E-state index contributed by atoms with van der Waals surface area (Å²) in [6, 6.07) is 15.7. The number of sulfonamides is 1. The van der Waals surface area contributed by atoms with Crippen LogP contribution in [-0.2, 0) is 26.0 Å². The van der Waals surface area contributed by atoms with Gasteiger partial charge in [-0.1, -0.05) is 30.3 Å². The molecule has 7 nitrogen and oxygen atoms in total. The lowest BCUT2D eigenvalue weighted by Crippen LogP contribution is -2.35. The van der Waals surface area contributed by atoms with E-state index in [4.69, 9.17) is 9.47 Å². The molecule has 1 aliphatic rings. The van der Waals surface area contributed by atoms with E-state index in [9.17, 15) is 13.2 Å². The summed E-state index contributed by atoms with van der Waals surface area (Å²) in [5.74, 6) is 0.195. The second-order valence-corrected chi connectivity index (χ2v) is 8.60. The third-order valence-corrected chi connectivity index (χ3v) is 6.08. The highest BCUT2D eigenvalue weighted by molar-refractivity contribution is 7.89. The summed E-state index contributed by atoms with van der Waals surface area (Å²) in [4.78, 5) is 12.0. The second kappa shape index (κ2) is 10.4. The highest BCUT2D eigenvalue weighted by atomic mass is 32.2. The van der Waals surface area contributed by atoms with E-state index in [-0.39, 0.29) is 23.5 Å². The van der Waals surface area contributed by atoms with Gasteiger partial charge in [0.1, 0.15) is 5.75 Å². The maximum atomic E-state index is 12.4. The Labute approximate surface area is 171 Å². The molecule has 2 aromatic rings. The quantitative estimate of drug-likeness (QED) is 0.615. The molecule has 0 radical (unpaired) electrons. The number of ether oxygens (including phenoxy) is 2. The normalized spacial score (nSPS) is 16.5. The molecule has 0 aliphatic carbocycles. The van der Waals surface area contributed by atoms with Crippen LogP contribution in [0.5, 0.6) is 5.75 Å². The zero-order valence-corrected chi connectivity index (χ0v) is 17.0. The van der Waals surface area contributed by atoms with Crippen molar-refractivity contribution in [3.8, 4) is 5.75 Å². The summed E-state index contributed by atoms with van der Waals surface area (Å²) in [7, 11) is -3.60. The number of benzene rings is 2. The molecule has 3 rings (SSSR count). The Bertz CT molecular complexity index is 879. The van der Waals surface area contributed by atoms with Gasteiger partial charge < -0.3 is 14.8 Å². The summed E-state index contributed by atoms with van der Waals surface area (Å²) in [5.41, 5.74) is 1.07. The Kier molecular flexibility index (Phi) is 7.62. The smallest absolute Gasteiger partial charge is 0.258 e. The Morgan fingerprint density at radius 3 is 2.55 bits per heavy atom. The van der Waals surface area contributed by atoms with Crippen LogP contribution in [0.1, 0.15) is 18.4 Å². The molecule has 2 N–H and O–H groups in total. The van der Waals surface area contributed by atoms with Gasteiger partial charge in [0.05, 0.1) is 11.0 Å². The third-order valence-electron chi connectivity index (χ3n) is 4.60. The number of amides is 1. The van der Waals surface area contributed by atoms with E-state index in [0.717, 1.165) is 25.0 Å². The molecule has 1 fully saturated rings. The van der Waals surface area contributed by atoms with Crippen LogP contribution < -0.4 is 14.8 Å². The van der Waals surface area contributed by atoms with E-state index in [2.05, 4.69) is 10.0 Å². The highest BCUT2D eigenvalue weighted by Gasteiger charge is 2.16. The predicted molar refractivity (Wildman–Crippen MR) is 109 cm³/mol. The van der Waals surface area contributed by atoms with Crippen LogP contribution in [0.3, 0.4) is 0 Å². The van der Waals surface area contributed by atoms with Crippen molar-refractivity contribution in [2.45, 2.75) is 30.3 Å². The van der Waals surface area contributed by atoms with Crippen LogP contribution in [0.2, 0.25) is 0 Å². The molecular formula is C21H26N2O5S. The fourth-order valence-corrected chi connectivity index (χ4v) is 4.04. The van der Waals surface area contributed by atoms with Crippen LogP contribution in [0, 0.1) is 0 Å². The van der Waals surface area contributed by atoms with E-state index in [1.54, 1.807) is 12.1 Å². The number of rotatable bonds is 10. The molecule has 29 heavy (non-hydrogen) atoms. The van der Waals surface area contributed by atoms with Crippen molar-refractivity contribution in [1.82, 2.24) is 10.0 Å². The van der Waals surface area contributed by atoms with Crippen molar-refractivity contribution < 1.29 is 22.7 Å². The number of hydrogen-bond acceptors (Lipinski definition) is 5. The van der Waals surface area contributed by atoms with Crippen LogP contribution in [0.15, 0.2) is 59.5 Å². The average Bonchev–Trinajstić information content (AvgIpc) is 3.25. The summed E-state index contributed by atoms with van der Waals surface area (Å²) in [6.45, 7) is 1.41. The first kappa shape index (κ1) is 21.3. The number of nitrogens with one attached hydrogen (secondary N) is 2. The van der Waals surface area contributed by atoms with E-state index in [1.807, 2.05) is 30.3 Å². The average molecular weight is 419 g/mol. The molecule has 8 heteroatoms. The molecule has 1 atom stereocenters. The molecule has 0 aromatic heterocycles. The van der Waals surface area contributed by atoms with E-state index in [0.29, 0.717) is 25.3 Å². The lowest BCUT2D eigenvalue weighted by Gasteiger charge is -2.12. The van der Waals surface area contributed by atoms with Gasteiger partial charge in [-0.3, -0.25) is 4.79 Å². The van der Waals surface area contributed by atoms with Crippen molar-refractivity contribution in [1.29, 1.82) is 0 Å². The molecule has 1 aliphatic heterocycles. The van der Waals surface area contributed by atoms with E-state index >= 15 is 0 Å². The monoisotopic (exact) mass is 418 g/mol. The topological polar surface area (TPSA) is 93.7 Å². The van der Waals surface area contributed by atoms with Crippen LogP contribution in [-0.4, -0.2) is 46.7 Å². The zero-order valence-electron chi connectivity index (χ0n) is 16.2. The van der Waals surface area contributed by atoms with Gasteiger partial charge in [0.25, 0.3) is 5.91 Å². The van der Waals surface area contributed by atoms with Gasteiger partial charge in [-0.25, -0.2) is 13.1 Å². The first-order chi connectivity index (χ1) is 14.0. The maximum Gasteiger partial charge on any atom is 0.258 e. The maximum absolute atomic E-state index is 12.4. The standard InChI is InChI=1S/C21H26N2O5S/c24-21(22-15-19-7-4-14-27-19)16-28-18-8-10-20(11-9-18)29(25,26)23-13-12-17-5-2-1-3-6-17/h1-3,5-6,8-11,19,23H,4,7,12-16H2,(H,22,24)/t19-/m1/s1. The first-order valence-electron chi connectivity index (χ1n) is 9.68. The number of carbonyl (C=O) groups is 1. The molecule has 1 amide bonds. The summed E-state index contributed by atoms with van der Waals surface area (Å²) >= 11 is 0. The van der Waals surface area contributed by atoms with Gasteiger partial charge in [-0.05, 0) is 49.1 Å². The minimum atomic E-state index is -3.60. The van der Waals surface area contributed by atoms with Crippen molar-refractivity contribution in [3.05, 3.63) is 60.2 Å². The molecule has 2 aromatic carbocycles. The van der Waals surface area contributed by atoms with E-state index < -0.39 is 10.0 Å². The van der Waals surface area contributed by atoms with E-state index in [1.165, 1.54) is 12.1 Å². The fraction of sp³-hybridized carbons (Fsp3) is 0.381. The molecule has 1 heterocycles. The molecule has 0 unspecified atom stereocenters. The largest absolute Gasteiger partial charge is 0.484 e. The van der Waals surface area contributed by atoms with Gasteiger partial charge in [0.2, 0.25) is 10.0 Å². The van der Waals surface area contributed by atoms with Crippen LogP contribution >= 0.6 is 0 Å². The Morgan fingerprint density at radius 2 is 1.86 bits per heavy atom. The van der Waals surface area contributed by atoms with Crippen molar-refractivity contribution in [3.63, 3.8) is 0 Å². The first-order valence-corrected chi connectivity index (χ1v) is 11.2. The molecular weight excluding hydrogens is 392 g/mol. The molecule has 0 saturated carbocycles. The lowest BCUT2D eigenvalue weighted by molar-refractivity contribution is -0.123. The van der Waals surface area contributed by atoms with Gasteiger partial charge >= 0.3 is 0 Å². The van der Waals surface area contributed by atoms with Crippen LogP contribution in [0.25, 0.3) is 0 Å². The van der Waals surface area contributed by atoms with Crippen molar-refractivity contribution in [2.24, 2.45) is 0 Å². The fourth-order valence-electron chi connectivity index (χ4n) is 3.01. The minimum Gasteiger partial charge on any atom is -0.484 e. The third kappa shape index (κ3) is 6.85. The lowest BCUT2D eigenvalue weighted by atomic mass is 10.2. The van der Waals surface area contributed by atoms with Gasteiger partial charge in [-0.15, -0.1) is 0 Å². The Morgan fingerprint density at radius 1 is 1.10 bits per heavy atom. The number of hydrogen-bond donors (Lipinski definition) is 2. The predicted octanol–water partition coefficient (Wildman–Crippen LogP) is 1.88. The summed E-state index contributed by atoms with van der Waals surface area (Å²) in [5, 5.41) is 2.77. The number of carbonyl (C=O) groups excluding carboxylic acids is 1. The van der Waals surface area contributed by atoms with Gasteiger partial charge in [-0.2, -0.15) is 0 Å². The Hall–Kier alpha value is -2.42. The molecule has 156 valence electrons.